The lowest BCUT2D eigenvalue weighted by molar-refractivity contribution is -0.114. The summed E-state index contributed by atoms with van der Waals surface area (Å²) in [5.74, 6) is -1.60. The average molecular weight is 337 g/mol. The number of rotatable bonds is 7. The number of hydrogen-bond acceptors (Lipinski definition) is 6. The quantitative estimate of drug-likeness (QED) is 0.495. The van der Waals surface area contributed by atoms with Gasteiger partial charge in [0, 0.05) is 30.3 Å². The van der Waals surface area contributed by atoms with Gasteiger partial charge in [-0.3, -0.25) is 14.4 Å². The number of nitrogens with one attached hydrogen (secondary N) is 2. The Hall–Kier alpha value is -3.42. The number of aromatic amines is 2. The van der Waals surface area contributed by atoms with E-state index in [2.05, 4.69) is 25.6 Å². The Balaban J connectivity index is 1.71. The molecule has 8 heteroatoms. The molecule has 1 aromatic carbocycles. The van der Waals surface area contributed by atoms with Gasteiger partial charge in [0.25, 0.3) is 5.78 Å². The molecule has 0 atom stereocenters. The van der Waals surface area contributed by atoms with Gasteiger partial charge >= 0.3 is 0 Å². The summed E-state index contributed by atoms with van der Waals surface area (Å²) < 4.78 is 0. The van der Waals surface area contributed by atoms with Crippen molar-refractivity contribution < 1.29 is 14.4 Å². The summed E-state index contributed by atoms with van der Waals surface area (Å²) in [4.78, 5) is 38.4. The third kappa shape index (κ3) is 3.74. The molecule has 0 aliphatic rings. The second-order valence-corrected chi connectivity index (χ2v) is 5.58. The maximum atomic E-state index is 12.1. The summed E-state index contributed by atoms with van der Waals surface area (Å²) in [5.41, 5.74) is 3.21. The zero-order valence-corrected chi connectivity index (χ0v) is 13.4. The number of carbonyl (C=O) groups excluding carboxylic acids is 3. The Morgan fingerprint density at radius 3 is 2.48 bits per heavy atom. The van der Waals surface area contributed by atoms with Crippen LogP contribution in [0.25, 0.3) is 0 Å². The molecule has 0 fully saturated rings. The van der Waals surface area contributed by atoms with Gasteiger partial charge in [-0.25, -0.2) is 0 Å². The molecule has 126 valence electrons. The highest BCUT2D eigenvalue weighted by Gasteiger charge is 2.22. The third-order valence-corrected chi connectivity index (χ3v) is 3.82. The monoisotopic (exact) mass is 337 g/mol. The number of aromatic nitrogens is 5. The number of carbonyl (C=O) groups is 3. The van der Waals surface area contributed by atoms with E-state index in [1.165, 1.54) is 6.92 Å². The molecule has 8 nitrogen and oxygen atoms in total. The van der Waals surface area contributed by atoms with Gasteiger partial charge in [-0.1, -0.05) is 24.3 Å². The number of nitrogens with zero attached hydrogens (tertiary/aromatic N) is 3. The van der Waals surface area contributed by atoms with E-state index in [4.69, 9.17) is 0 Å². The Morgan fingerprint density at radius 1 is 1.08 bits per heavy atom. The zero-order chi connectivity index (χ0) is 17.8. The van der Waals surface area contributed by atoms with Gasteiger partial charge in [0.05, 0.1) is 0 Å². The Kier molecular flexibility index (Phi) is 4.60. The predicted octanol–water partition coefficient (Wildman–Crippen LogP) is 1.32. The van der Waals surface area contributed by atoms with E-state index in [9.17, 15) is 14.4 Å². The highest BCUT2D eigenvalue weighted by molar-refractivity contribution is 6.43. The average Bonchev–Trinajstić information content (AvgIpc) is 3.27. The summed E-state index contributed by atoms with van der Waals surface area (Å²) in [7, 11) is 0. The van der Waals surface area contributed by atoms with Crippen molar-refractivity contribution in [1.29, 1.82) is 0 Å². The van der Waals surface area contributed by atoms with Gasteiger partial charge in [0.1, 0.15) is 0 Å². The van der Waals surface area contributed by atoms with Crippen LogP contribution in [0.4, 0.5) is 0 Å². The van der Waals surface area contributed by atoms with Crippen LogP contribution in [0.5, 0.6) is 0 Å². The van der Waals surface area contributed by atoms with Crippen LogP contribution in [-0.2, 0) is 17.6 Å². The van der Waals surface area contributed by atoms with Crippen LogP contribution >= 0.6 is 0 Å². The van der Waals surface area contributed by atoms with Crippen LogP contribution in [0, 0.1) is 0 Å². The van der Waals surface area contributed by atoms with Crippen LogP contribution in [0.3, 0.4) is 0 Å². The molecule has 0 bridgehead atoms. The lowest BCUT2D eigenvalue weighted by atomic mass is 10.0. The molecule has 3 rings (SSSR count). The fourth-order valence-electron chi connectivity index (χ4n) is 2.46. The van der Waals surface area contributed by atoms with Gasteiger partial charge in [0.2, 0.25) is 11.6 Å². The van der Waals surface area contributed by atoms with E-state index in [1.54, 1.807) is 24.4 Å². The smallest absolute Gasteiger partial charge is 0.269 e. The topological polar surface area (TPSA) is 121 Å². The second-order valence-electron chi connectivity index (χ2n) is 5.58. The highest BCUT2D eigenvalue weighted by Crippen LogP contribution is 2.15. The number of benzene rings is 1. The Morgan fingerprint density at radius 2 is 1.84 bits per heavy atom. The fraction of sp³-hybridized carbons (Fsp3) is 0.176. The van der Waals surface area contributed by atoms with Crippen LogP contribution in [0.2, 0.25) is 0 Å². The van der Waals surface area contributed by atoms with Crippen molar-refractivity contribution in [3.8, 4) is 0 Å². The Labute approximate surface area is 142 Å². The molecule has 25 heavy (non-hydrogen) atoms. The van der Waals surface area contributed by atoms with E-state index in [1.807, 2.05) is 12.1 Å². The van der Waals surface area contributed by atoms with E-state index in [0.29, 0.717) is 12.0 Å². The summed E-state index contributed by atoms with van der Waals surface area (Å²) in [6.07, 6.45) is 2.24. The highest BCUT2D eigenvalue weighted by atomic mass is 16.2. The van der Waals surface area contributed by atoms with Crippen molar-refractivity contribution in [3.63, 3.8) is 0 Å². The fourth-order valence-corrected chi connectivity index (χ4v) is 2.46. The number of H-pyrrole nitrogens is 2. The van der Waals surface area contributed by atoms with Gasteiger partial charge in [0.15, 0.2) is 5.78 Å². The minimum atomic E-state index is -0.772. The molecular weight excluding hydrogens is 322 g/mol. The molecule has 3 aromatic rings. The second kappa shape index (κ2) is 7.00. The normalized spacial score (nSPS) is 10.6. The van der Waals surface area contributed by atoms with Crippen LogP contribution in [-0.4, -0.2) is 43.0 Å². The largest absolute Gasteiger partial charge is 0.364 e. The number of tetrazole rings is 1. The van der Waals surface area contributed by atoms with E-state index in [0.717, 1.165) is 16.8 Å². The van der Waals surface area contributed by atoms with Crippen molar-refractivity contribution in [2.45, 2.75) is 19.8 Å². The lowest BCUT2D eigenvalue weighted by Crippen LogP contribution is -2.18. The number of hydrogen-bond donors (Lipinski definition) is 2. The molecule has 0 amide bonds. The molecular formula is C17H15N5O3. The van der Waals surface area contributed by atoms with Crippen LogP contribution in [0.15, 0.2) is 36.5 Å². The maximum absolute atomic E-state index is 12.1. The first-order valence-corrected chi connectivity index (χ1v) is 7.60. The number of ketones is 3. The summed E-state index contributed by atoms with van der Waals surface area (Å²) in [5, 5.41) is 12.5. The molecule has 2 aromatic heterocycles. The first kappa shape index (κ1) is 16.4. The SMILES string of the molecule is CC(=O)c1ccc(Cc2[nH]ccc2CC(=O)C(=O)c2nn[nH]n2)cc1. The van der Waals surface area contributed by atoms with Crippen molar-refractivity contribution >= 4 is 17.3 Å². The van der Waals surface area contributed by atoms with E-state index in [-0.39, 0.29) is 18.0 Å². The molecule has 0 spiro atoms. The summed E-state index contributed by atoms with van der Waals surface area (Å²) in [6, 6.07) is 9.04. The van der Waals surface area contributed by atoms with E-state index < -0.39 is 11.6 Å². The van der Waals surface area contributed by atoms with Crippen molar-refractivity contribution in [3.05, 3.63) is 64.7 Å². The van der Waals surface area contributed by atoms with Gasteiger partial charge in [-0.2, -0.15) is 5.21 Å². The predicted molar refractivity (Wildman–Crippen MR) is 87.3 cm³/mol. The molecule has 0 radical (unpaired) electrons. The molecule has 0 unspecified atom stereocenters. The zero-order valence-electron chi connectivity index (χ0n) is 13.4. The van der Waals surface area contributed by atoms with Crippen molar-refractivity contribution in [1.82, 2.24) is 25.6 Å². The summed E-state index contributed by atoms with van der Waals surface area (Å²) >= 11 is 0. The van der Waals surface area contributed by atoms with Gasteiger partial charge in [-0.05, 0) is 29.3 Å². The first-order valence-electron chi connectivity index (χ1n) is 7.60. The standard InChI is InChI=1S/C17H15N5O3/c1-10(23)12-4-2-11(3-5-12)8-14-13(6-7-18-14)9-15(24)16(25)17-19-21-22-20-17/h2-7,18H,8-9H2,1H3,(H,19,20,21,22). The third-order valence-electron chi connectivity index (χ3n) is 3.82. The Bertz CT molecular complexity index is 910. The molecule has 0 aliphatic carbocycles. The van der Waals surface area contributed by atoms with E-state index >= 15 is 0 Å². The van der Waals surface area contributed by atoms with Gasteiger partial charge < -0.3 is 4.98 Å². The van der Waals surface area contributed by atoms with Crippen molar-refractivity contribution in [2.75, 3.05) is 0 Å². The van der Waals surface area contributed by atoms with Gasteiger partial charge in [-0.15, -0.1) is 10.2 Å². The first-order chi connectivity index (χ1) is 12.0. The van der Waals surface area contributed by atoms with Crippen LogP contribution < -0.4 is 0 Å². The summed E-state index contributed by atoms with van der Waals surface area (Å²) in [6.45, 7) is 1.52. The molecule has 0 saturated heterocycles. The minimum absolute atomic E-state index is 0.0117. The molecule has 0 aliphatic heterocycles. The lowest BCUT2D eigenvalue weighted by Gasteiger charge is -2.05. The minimum Gasteiger partial charge on any atom is -0.364 e. The number of Topliss-reactive ketones (excluding diaryl/α,β-unsaturated/α-hetero) is 3. The molecule has 2 heterocycles. The van der Waals surface area contributed by atoms with Crippen LogP contribution in [0.1, 0.15) is 44.7 Å². The molecule has 0 saturated carbocycles. The maximum Gasteiger partial charge on any atom is 0.269 e. The molecule has 2 N–H and O–H groups in total. The van der Waals surface area contributed by atoms with Crippen molar-refractivity contribution in [2.24, 2.45) is 0 Å².